The van der Waals surface area contributed by atoms with Crippen molar-refractivity contribution < 1.29 is 5.11 Å². The Morgan fingerprint density at radius 3 is 2.50 bits per heavy atom. The standard InChI is InChI=1S/C12H21N3O/c1-9(8-16)5-4-6-13-12-14-10(2)7-11(3)15-12/h7,9,16H,4-6,8H2,1-3H3,(H,13,14,15). The molecule has 0 aliphatic carbocycles. The minimum absolute atomic E-state index is 0.264. The van der Waals surface area contributed by atoms with Crippen LogP contribution in [-0.4, -0.2) is 28.2 Å². The van der Waals surface area contributed by atoms with Gasteiger partial charge in [-0.05, 0) is 38.7 Å². The van der Waals surface area contributed by atoms with E-state index in [1.807, 2.05) is 26.8 Å². The molecule has 0 aliphatic rings. The first-order valence-electron chi connectivity index (χ1n) is 5.79. The third-order valence-corrected chi connectivity index (χ3v) is 2.45. The monoisotopic (exact) mass is 223 g/mol. The number of aryl methyl sites for hydroxylation is 2. The van der Waals surface area contributed by atoms with Gasteiger partial charge in [0.15, 0.2) is 0 Å². The van der Waals surface area contributed by atoms with E-state index >= 15 is 0 Å². The maximum Gasteiger partial charge on any atom is 0.223 e. The Balaban J connectivity index is 2.32. The molecule has 0 fully saturated rings. The highest BCUT2D eigenvalue weighted by molar-refractivity contribution is 5.27. The van der Waals surface area contributed by atoms with Crippen LogP contribution in [0.15, 0.2) is 6.07 Å². The van der Waals surface area contributed by atoms with Crippen molar-refractivity contribution in [3.63, 3.8) is 0 Å². The van der Waals surface area contributed by atoms with Crippen molar-refractivity contribution in [3.8, 4) is 0 Å². The van der Waals surface area contributed by atoms with Gasteiger partial charge in [0.05, 0.1) is 0 Å². The minimum Gasteiger partial charge on any atom is -0.396 e. The Labute approximate surface area is 97.1 Å². The molecule has 90 valence electrons. The van der Waals surface area contributed by atoms with Gasteiger partial charge in [0.1, 0.15) is 0 Å². The van der Waals surface area contributed by atoms with Crippen molar-refractivity contribution in [2.24, 2.45) is 5.92 Å². The van der Waals surface area contributed by atoms with Gasteiger partial charge in [-0.1, -0.05) is 6.92 Å². The van der Waals surface area contributed by atoms with Crippen LogP contribution < -0.4 is 5.32 Å². The van der Waals surface area contributed by atoms with E-state index in [1.165, 1.54) is 0 Å². The fourth-order valence-corrected chi connectivity index (χ4v) is 1.55. The normalized spacial score (nSPS) is 12.5. The summed E-state index contributed by atoms with van der Waals surface area (Å²) < 4.78 is 0. The predicted molar refractivity (Wildman–Crippen MR) is 65.5 cm³/mol. The Kier molecular flexibility index (Phi) is 5.19. The molecule has 4 heteroatoms. The molecule has 2 N–H and O–H groups in total. The zero-order valence-corrected chi connectivity index (χ0v) is 10.3. The zero-order valence-electron chi connectivity index (χ0n) is 10.3. The molecule has 0 bridgehead atoms. The summed E-state index contributed by atoms with van der Waals surface area (Å²) in [4.78, 5) is 8.60. The second kappa shape index (κ2) is 6.43. The molecular weight excluding hydrogens is 202 g/mol. The van der Waals surface area contributed by atoms with Crippen LogP contribution in [-0.2, 0) is 0 Å². The first-order chi connectivity index (χ1) is 7.61. The van der Waals surface area contributed by atoms with Gasteiger partial charge < -0.3 is 10.4 Å². The number of nitrogens with zero attached hydrogens (tertiary/aromatic N) is 2. The van der Waals surface area contributed by atoms with Crippen LogP contribution in [0.3, 0.4) is 0 Å². The minimum atomic E-state index is 0.264. The van der Waals surface area contributed by atoms with Crippen LogP contribution >= 0.6 is 0 Å². The average molecular weight is 223 g/mol. The second-order valence-corrected chi connectivity index (χ2v) is 4.33. The van der Waals surface area contributed by atoms with Crippen molar-refractivity contribution in [2.75, 3.05) is 18.5 Å². The van der Waals surface area contributed by atoms with Gasteiger partial charge in [-0.3, -0.25) is 0 Å². The summed E-state index contributed by atoms with van der Waals surface area (Å²) in [6.45, 7) is 7.10. The molecule has 0 aliphatic heterocycles. The molecule has 0 saturated carbocycles. The van der Waals surface area contributed by atoms with Gasteiger partial charge in [0, 0.05) is 24.5 Å². The number of aromatic nitrogens is 2. The first kappa shape index (κ1) is 12.9. The topological polar surface area (TPSA) is 58.0 Å². The van der Waals surface area contributed by atoms with Crippen molar-refractivity contribution in [1.82, 2.24) is 9.97 Å². The number of hydrogen-bond donors (Lipinski definition) is 2. The van der Waals surface area contributed by atoms with Crippen molar-refractivity contribution in [2.45, 2.75) is 33.6 Å². The van der Waals surface area contributed by atoms with Gasteiger partial charge in [-0.25, -0.2) is 9.97 Å². The van der Waals surface area contributed by atoms with Gasteiger partial charge >= 0.3 is 0 Å². The lowest BCUT2D eigenvalue weighted by Crippen LogP contribution is -2.09. The first-order valence-corrected chi connectivity index (χ1v) is 5.79. The summed E-state index contributed by atoms with van der Waals surface area (Å²) in [6, 6.07) is 1.96. The van der Waals surface area contributed by atoms with Gasteiger partial charge in [0.25, 0.3) is 0 Å². The molecule has 0 spiro atoms. The lowest BCUT2D eigenvalue weighted by atomic mass is 10.1. The highest BCUT2D eigenvalue weighted by Crippen LogP contribution is 2.06. The van der Waals surface area contributed by atoms with E-state index in [9.17, 15) is 0 Å². The van der Waals surface area contributed by atoms with Gasteiger partial charge in [-0.15, -0.1) is 0 Å². The Hall–Kier alpha value is -1.16. The van der Waals surface area contributed by atoms with Crippen molar-refractivity contribution in [1.29, 1.82) is 0 Å². The van der Waals surface area contributed by atoms with Gasteiger partial charge in [0.2, 0.25) is 5.95 Å². The molecule has 0 amide bonds. The maximum atomic E-state index is 8.88. The lowest BCUT2D eigenvalue weighted by molar-refractivity contribution is 0.229. The van der Waals surface area contributed by atoms with Crippen LogP contribution in [0.1, 0.15) is 31.2 Å². The van der Waals surface area contributed by atoms with Crippen LogP contribution in [0.25, 0.3) is 0 Å². The molecule has 1 aromatic rings. The smallest absolute Gasteiger partial charge is 0.223 e. The molecule has 1 atom stereocenters. The Morgan fingerprint density at radius 2 is 1.94 bits per heavy atom. The number of aliphatic hydroxyl groups excluding tert-OH is 1. The average Bonchev–Trinajstić information content (AvgIpc) is 2.22. The molecule has 0 aromatic carbocycles. The maximum absolute atomic E-state index is 8.88. The molecular formula is C12H21N3O. The summed E-state index contributed by atoms with van der Waals surface area (Å²) in [5.74, 6) is 1.08. The van der Waals surface area contributed by atoms with E-state index in [-0.39, 0.29) is 6.61 Å². The Bertz CT molecular complexity index is 308. The highest BCUT2D eigenvalue weighted by Gasteiger charge is 2.01. The SMILES string of the molecule is Cc1cc(C)nc(NCCCC(C)CO)n1. The van der Waals surface area contributed by atoms with Crippen LogP contribution in [0.2, 0.25) is 0 Å². The fourth-order valence-electron chi connectivity index (χ4n) is 1.55. The van der Waals surface area contributed by atoms with Crippen LogP contribution in [0.4, 0.5) is 5.95 Å². The summed E-state index contributed by atoms with van der Waals surface area (Å²) >= 11 is 0. The van der Waals surface area contributed by atoms with E-state index in [0.717, 1.165) is 30.8 Å². The summed E-state index contributed by atoms with van der Waals surface area (Å²) in [7, 11) is 0. The number of aliphatic hydroxyl groups is 1. The van der Waals surface area contributed by atoms with E-state index in [1.54, 1.807) is 0 Å². The Morgan fingerprint density at radius 1 is 1.31 bits per heavy atom. The number of anilines is 1. The van der Waals surface area contributed by atoms with Gasteiger partial charge in [-0.2, -0.15) is 0 Å². The quantitative estimate of drug-likeness (QED) is 0.723. The summed E-state index contributed by atoms with van der Waals surface area (Å²) in [6.07, 6.45) is 2.05. The molecule has 1 heterocycles. The number of hydrogen-bond acceptors (Lipinski definition) is 4. The van der Waals surface area contributed by atoms with E-state index in [0.29, 0.717) is 11.9 Å². The van der Waals surface area contributed by atoms with E-state index in [4.69, 9.17) is 5.11 Å². The molecule has 1 rings (SSSR count). The van der Waals surface area contributed by atoms with Crippen LogP contribution in [0, 0.1) is 19.8 Å². The second-order valence-electron chi connectivity index (χ2n) is 4.33. The lowest BCUT2D eigenvalue weighted by Gasteiger charge is -2.09. The molecule has 1 unspecified atom stereocenters. The molecule has 4 nitrogen and oxygen atoms in total. The third kappa shape index (κ3) is 4.57. The van der Waals surface area contributed by atoms with Crippen LogP contribution in [0.5, 0.6) is 0 Å². The summed E-state index contributed by atoms with van der Waals surface area (Å²) in [5.41, 5.74) is 1.97. The van der Waals surface area contributed by atoms with Crippen molar-refractivity contribution in [3.05, 3.63) is 17.5 Å². The fraction of sp³-hybridized carbons (Fsp3) is 0.667. The number of nitrogens with one attached hydrogen (secondary N) is 1. The largest absolute Gasteiger partial charge is 0.396 e. The molecule has 1 aromatic heterocycles. The van der Waals surface area contributed by atoms with E-state index < -0.39 is 0 Å². The third-order valence-electron chi connectivity index (χ3n) is 2.45. The highest BCUT2D eigenvalue weighted by atomic mass is 16.3. The molecule has 0 saturated heterocycles. The number of rotatable bonds is 6. The van der Waals surface area contributed by atoms with Crippen molar-refractivity contribution >= 4 is 5.95 Å². The van der Waals surface area contributed by atoms with E-state index in [2.05, 4.69) is 15.3 Å². The zero-order chi connectivity index (χ0) is 12.0. The molecule has 16 heavy (non-hydrogen) atoms. The molecule has 0 radical (unpaired) electrons. The summed E-state index contributed by atoms with van der Waals surface area (Å²) in [5, 5.41) is 12.1. The predicted octanol–water partition coefficient (Wildman–Crippen LogP) is 1.91.